The van der Waals surface area contributed by atoms with E-state index >= 15 is 24.0 Å². The van der Waals surface area contributed by atoms with Crippen LogP contribution in [0.2, 0.25) is 0 Å². The molecule has 0 radical (unpaired) electrons. The molecule has 23 N–H and O–H groups in total. The van der Waals surface area contributed by atoms with Crippen molar-refractivity contribution in [1.29, 1.82) is 0 Å². The molecule has 2 bridgehead atoms. The molecule has 0 saturated carbocycles. The number of rotatable bonds is 21. The molecule has 12 amide bonds. The predicted octanol–water partition coefficient (Wildman–Crippen LogP) is -3.04. The third-order valence-electron chi connectivity index (χ3n) is 18.2. The minimum atomic E-state index is -2.03. The van der Waals surface area contributed by atoms with Crippen molar-refractivity contribution >= 4 is 109 Å². The van der Waals surface area contributed by atoms with Gasteiger partial charge >= 0.3 is 5.97 Å². The smallest absolute Gasteiger partial charge is 0.327 e. The topological polar surface area (TPSA) is 547 Å². The Bertz CT molecular complexity index is 3990. The number of aliphatic hydroxyl groups is 3. The van der Waals surface area contributed by atoms with Gasteiger partial charge in [0, 0.05) is 73.4 Å². The Balaban J connectivity index is 1.35. The van der Waals surface area contributed by atoms with E-state index < -0.39 is 200 Å². The summed E-state index contributed by atoms with van der Waals surface area (Å²) in [6.45, 7) is 5.08. The number of carboxylic acids is 1. The number of aromatic hydroxyl groups is 1. The number of aromatic amines is 1. The fraction of sp³-hybridized carbons (Fsp3) is 0.473. The number of aromatic nitrogens is 1. The van der Waals surface area contributed by atoms with Crippen molar-refractivity contribution in [3.05, 3.63) is 137 Å². The van der Waals surface area contributed by atoms with Crippen LogP contribution in [0.1, 0.15) is 94.0 Å². The maximum atomic E-state index is 15.4. The van der Waals surface area contributed by atoms with E-state index in [-0.39, 0.29) is 62.6 Å². The van der Waals surface area contributed by atoms with Gasteiger partial charge in [-0.2, -0.15) is 0 Å². The number of carbonyl (C=O) groups excluding carboxylic acids is 12. The van der Waals surface area contributed by atoms with Crippen molar-refractivity contribution in [2.45, 2.75) is 189 Å². The molecule has 7 rings (SSSR count). The minimum absolute atomic E-state index is 0.0594. The van der Waals surface area contributed by atoms with E-state index in [9.17, 15) is 63.9 Å². The molecule has 14 atom stereocenters. The highest BCUT2D eigenvalue weighted by Gasteiger charge is 2.40. The third kappa shape index (κ3) is 27.1. The number of nitrogens with two attached hydrogens (primary N) is 2. The van der Waals surface area contributed by atoms with Gasteiger partial charge in [-0.15, -0.1) is 0 Å². The fourth-order valence-electron chi connectivity index (χ4n) is 11.9. The summed E-state index contributed by atoms with van der Waals surface area (Å²) in [6.07, 6.45) is -4.16. The molecule has 0 spiro atoms. The van der Waals surface area contributed by atoms with E-state index in [2.05, 4.69) is 74.1 Å². The zero-order valence-corrected chi connectivity index (χ0v) is 63.0. The van der Waals surface area contributed by atoms with Crippen LogP contribution < -0.4 is 80.6 Å². The first-order valence-electron chi connectivity index (χ1n) is 36.2. The van der Waals surface area contributed by atoms with Crippen LogP contribution in [-0.4, -0.2) is 229 Å². The van der Waals surface area contributed by atoms with Gasteiger partial charge in [0.15, 0.2) is 0 Å². The number of aliphatic carboxylic acids is 1. The summed E-state index contributed by atoms with van der Waals surface area (Å²) in [5.41, 5.74) is 15.8. The molecule has 1 aromatic heterocycles. The third-order valence-corrected chi connectivity index (χ3v) is 20.6. The predicted molar refractivity (Wildman–Crippen MR) is 408 cm³/mol. The van der Waals surface area contributed by atoms with Crippen LogP contribution in [0, 0.1) is 0 Å². The molecule has 3 heterocycles. The van der Waals surface area contributed by atoms with Crippen LogP contribution in [0.25, 0.3) is 10.9 Å². The molecular weight excluding hydrogens is 1470 g/mol. The summed E-state index contributed by atoms with van der Waals surface area (Å²) < 4.78 is 0. The molecule has 110 heavy (non-hydrogen) atoms. The van der Waals surface area contributed by atoms with Crippen LogP contribution in [0.15, 0.2) is 109 Å². The van der Waals surface area contributed by atoms with Crippen LogP contribution >= 0.6 is 21.6 Å². The Kier molecular flexibility index (Phi) is 34.2. The quantitative estimate of drug-likeness (QED) is 0.0257. The molecular formula is C74H100N16O18S2. The van der Waals surface area contributed by atoms with Gasteiger partial charge in [0.1, 0.15) is 72.2 Å². The van der Waals surface area contributed by atoms with Gasteiger partial charge in [-0.05, 0) is 105 Å². The van der Waals surface area contributed by atoms with Gasteiger partial charge in [0.05, 0.1) is 24.9 Å². The number of amides is 12. The standard InChI is InChI=1S/C74H100N16O18S2/c1-39(2)78-34-45-19-17-44(18-20-45)32-55-69(102)90-61(40(3)92)72(105)82-53-27-29-77-60(95)26-25-52(65(98)85-56(68(101)84-55)33-46-35-79-50-15-9-8-14-48(46)50)81-67(100)54(31-42-12-6-5-7-13-42)83-64(97)51(16-10-11-28-75)80-71(104)58(87-63(96)49(76)30-43-21-23-47(94)24-22-43)37-109-110-38-59(74(107)108)88-70(103)57(36-91)86-73(106)62(41(4)93)89-66(53)99/h5-9,12-15,17-24,35,39-41,49,51-59,61-62,78-79,91-94H,10-11,16,25-34,36-38,75-76H2,1-4H3,(H,77,95)(H,80,104)(H,81,100)(H,82,105)(H,83,97)(H,84,101)(H,85,98)(H,86,106)(H,87,96)(H,88,103)(H,89,99)(H,90,102)(H,107,108)/t40-,41-,49+,51-,52-,53-,54-,55+,56+,57+,58-,59+,61-,62-/m1/s1. The first-order valence-corrected chi connectivity index (χ1v) is 38.7. The van der Waals surface area contributed by atoms with E-state index in [0.717, 1.165) is 41.0 Å². The number of phenols is 1. The van der Waals surface area contributed by atoms with Crippen LogP contribution in [0.4, 0.5) is 0 Å². The first kappa shape index (κ1) is 87.0. The van der Waals surface area contributed by atoms with Gasteiger partial charge in [-0.1, -0.05) is 120 Å². The lowest BCUT2D eigenvalue weighted by molar-refractivity contribution is -0.142. The van der Waals surface area contributed by atoms with Crippen molar-refractivity contribution in [1.82, 2.24) is 74.1 Å². The number of carboxylic acid groups (broad SMARTS) is 1. The molecule has 0 aliphatic carbocycles. The summed E-state index contributed by atoms with van der Waals surface area (Å²) >= 11 is 0. The second-order valence-electron chi connectivity index (χ2n) is 27.3. The highest BCUT2D eigenvalue weighted by atomic mass is 33.1. The molecule has 2 saturated heterocycles. The van der Waals surface area contributed by atoms with Crippen molar-refractivity contribution in [2.75, 3.05) is 31.2 Å². The van der Waals surface area contributed by atoms with Crippen molar-refractivity contribution in [3.8, 4) is 5.75 Å². The number of phenolic OH excluding ortho intramolecular Hbond substituents is 1. The number of hydrogen-bond donors (Lipinski definition) is 21. The summed E-state index contributed by atoms with van der Waals surface area (Å²) in [6, 6.07) is 7.76. The van der Waals surface area contributed by atoms with Crippen LogP contribution in [0.3, 0.4) is 0 Å². The van der Waals surface area contributed by atoms with Gasteiger partial charge in [-0.25, -0.2) is 4.79 Å². The number of carbonyl (C=O) groups is 13. The van der Waals surface area contributed by atoms with E-state index in [1.807, 2.05) is 13.8 Å². The normalized spacial score (nSPS) is 24.3. The fourth-order valence-corrected chi connectivity index (χ4v) is 14.2. The van der Waals surface area contributed by atoms with Crippen molar-refractivity contribution < 1.29 is 87.9 Å². The maximum Gasteiger partial charge on any atom is 0.327 e. The number of benzene rings is 4. The lowest BCUT2D eigenvalue weighted by atomic mass is 10.00. The molecule has 2 aliphatic rings. The van der Waals surface area contributed by atoms with E-state index in [1.165, 1.54) is 24.3 Å². The molecule has 2 fully saturated rings. The highest BCUT2D eigenvalue weighted by molar-refractivity contribution is 8.76. The first-order chi connectivity index (χ1) is 52.5. The van der Waals surface area contributed by atoms with Gasteiger partial charge < -0.3 is 111 Å². The number of unbranched alkanes of at least 4 members (excludes halogenated alkanes) is 1. The SMILES string of the molecule is CC(C)NCc1ccc(C[C@@H]2NC(=O)[C@H](Cc3c[nH]c4ccccc34)NC(=O)[C@H]3CCC(=O)NCC[C@@H](NC(=O)[C@@H]([C@@H](C)O)NC2=O)C(=O)N[C@H]([C@@H](C)O)C(=O)N[C@@H](CO)C(=O)N[C@H](C(=O)O)CSSC[C@@H](NC(=O)[C@@H](N)Cc2ccc(O)cc2)C(=O)N[C@H](CCCCN)C(=O)N[C@H](Cc2ccccc2)C(=O)N3)cc1. The zero-order chi connectivity index (χ0) is 80.1. The van der Waals surface area contributed by atoms with E-state index in [4.69, 9.17) is 11.5 Å². The average Bonchev–Trinajstić information content (AvgIpc) is 1.63. The molecule has 4 aromatic carbocycles. The van der Waals surface area contributed by atoms with Crippen LogP contribution in [0.5, 0.6) is 5.75 Å². The lowest BCUT2D eigenvalue weighted by Gasteiger charge is -2.29. The summed E-state index contributed by atoms with van der Waals surface area (Å²) in [4.78, 5) is 192. The minimum Gasteiger partial charge on any atom is -0.508 e. The van der Waals surface area contributed by atoms with Gasteiger partial charge in [0.25, 0.3) is 0 Å². The Morgan fingerprint density at radius 1 is 0.545 bits per heavy atom. The number of para-hydroxylation sites is 1. The Hall–Kier alpha value is -10.2. The number of aliphatic hydroxyl groups excluding tert-OH is 3. The van der Waals surface area contributed by atoms with Gasteiger partial charge in [-0.3, -0.25) is 57.5 Å². The average molecular weight is 1570 g/mol. The zero-order valence-electron chi connectivity index (χ0n) is 61.4. The van der Waals surface area contributed by atoms with Crippen molar-refractivity contribution in [2.24, 2.45) is 11.5 Å². The Labute approximate surface area is 643 Å². The highest BCUT2D eigenvalue weighted by Crippen LogP contribution is 2.25. The largest absolute Gasteiger partial charge is 0.508 e. The maximum absolute atomic E-state index is 15.4. The number of H-pyrrole nitrogens is 1. The molecule has 596 valence electrons. The second kappa shape index (κ2) is 43.3. The molecule has 0 unspecified atom stereocenters. The monoisotopic (exact) mass is 1560 g/mol. The summed E-state index contributed by atoms with van der Waals surface area (Å²) in [7, 11) is 1.62. The molecule has 36 heteroatoms. The number of fused-ring (bicyclic) bond motifs is 8. The van der Waals surface area contributed by atoms with Crippen LogP contribution in [-0.2, 0) is 94.6 Å². The summed E-state index contributed by atoms with van der Waals surface area (Å²) in [5, 5.41) is 87.5. The molecule has 2 aliphatic heterocycles. The van der Waals surface area contributed by atoms with E-state index in [0.29, 0.717) is 46.1 Å². The second-order valence-corrected chi connectivity index (χ2v) is 29.9. The molecule has 34 nitrogen and oxygen atoms in total. The number of nitrogens with one attached hydrogen (secondary N) is 14. The lowest BCUT2D eigenvalue weighted by Crippen LogP contribution is -2.63. The van der Waals surface area contributed by atoms with Crippen molar-refractivity contribution in [3.63, 3.8) is 0 Å². The number of hydrogen-bond acceptors (Lipinski definition) is 22. The summed E-state index contributed by atoms with van der Waals surface area (Å²) in [5.74, 6) is -15.3. The molecule has 5 aromatic rings. The van der Waals surface area contributed by atoms with Gasteiger partial charge in [0.2, 0.25) is 70.9 Å². The Morgan fingerprint density at radius 3 is 1.69 bits per heavy atom. The van der Waals surface area contributed by atoms with E-state index in [1.54, 1.807) is 85.1 Å². The Morgan fingerprint density at radius 2 is 1.05 bits per heavy atom.